The molecule has 88 valence electrons. The molecule has 1 unspecified atom stereocenters. The quantitative estimate of drug-likeness (QED) is 0.728. The molecule has 0 bridgehead atoms. The van der Waals surface area contributed by atoms with Crippen LogP contribution in [0.5, 0.6) is 0 Å². The fourth-order valence-corrected chi connectivity index (χ4v) is 1.40. The number of rotatable bonds is 5. The zero-order valence-electron chi connectivity index (χ0n) is 10.2. The maximum Gasteiger partial charge on any atom is 0.221 e. The number of nitrogens with one attached hydrogen (secondary N) is 1. The van der Waals surface area contributed by atoms with Crippen molar-refractivity contribution in [3.63, 3.8) is 0 Å². The Bertz CT molecular complexity index is 216. The fourth-order valence-electron chi connectivity index (χ4n) is 1.40. The lowest BCUT2D eigenvalue weighted by Crippen LogP contribution is -2.40. The van der Waals surface area contributed by atoms with Crippen LogP contribution < -0.4 is 11.1 Å². The third-order valence-electron chi connectivity index (χ3n) is 3.09. The van der Waals surface area contributed by atoms with Gasteiger partial charge in [-0.3, -0.25) is 4.79 Å². The van der Waals surface area contributed by atoms with Gasteiger partial charge >= 0.3 is 0 Å². The third kappa shape index (κ3) is 5.17. The van der Waals surface area contributed by atoms with Crippen molar-refractivity contribution in [1.82, 2.24) is 5.32 Å². The highest BCUT2D eigenvalue weighted by atomic mass is 16.1. The Morgan fingerprint density at radius 2 is 2.07 bits per heavy atom. The molecule has 1 atom stereocenters. The van der Waals surface area contributed by atoms with E-state index < -0.39 is 0 Å². The molecular formula is C12H24N2O. The monoisotopic (exact) mass is 212 g/mol. The molecule has 0 aromatic rings. The van der Waals surface area contributed by atoms with Gasteiger partial charge in [-0.05, 0) is 17.8 Å². The van der Waals surface area contributed by atoms with Crippen LogP contribution in [-0.2, 0) is 4.79 Å². The Labute approximate surface area is 92.8 Å². The average Bonchev–Trinajstić information content (AvgIpc) is 2.86. The van der Waals surface area contributed by atoms with Gasteiger partial charge in [0.25, 0.3) is 0 Å². The van der Waals surface area contributed by atoms with E-state index in [1.807, 2.05) is 0 Å². The van der Waals surface area contributed by atoms with E-state index in [4.69, 9.17) is 5.73 Å². The Balaban J connectivity index is 2.11. The molecule has 15 heavy (non-hydrogen) atoms. The largest absolute Gasteiger partial charge is 0.356 e. The first-order valence-corrected chi connectivity index (χ1v) is 5.92. The lowest BCUT2D eigenvalue weighted by molar-refractivity contribution is -0.121. The van der Waals surface area contributed by atoms with Crippen molar-refractivity contribution >= 4 is 5.91 Å². The van der Waals surface area contributed by atoms with Crippen LogP contribution in [0.1, 0.15) is 46.5 Å². The highest BCUT2D eigenvalue weighted by Crippen LogP contribution is 2.31. The van der Waals surface area contributed by atoms with Gasteiger partial charge in [0.15, 0.2) is 0 Å². The lowest BCUT2D eigenvalue weighted by Gasteiger charge is -2.26. The molecule has 1 aliphatic rings. The van der Waals surface area contributed by atoms with E-state index in [9.17, 15) is 4.79 Å². The summed E-state index contributed by atoms with van der Waals surface area (Å²) in [7, 11) is 0. The summed E-state index contributed by atoms with van der Waals surface area (Å²) in [6, 6.07) is -0.0570. The highest BCUT2D eigenvalue weighted by Gasteiger charge is 2.24. The minimum atomic E-state index is -0.0570. The molecule has 0 spiro atoms. The van der Waals surface area contributed by atoms with Gasteiger partial charge < -0.3 is 11.1 Å². The molecule has 3 heteroatoms. The molecule has 0 aliphatic heterocycles. The van der Waals surface area contributed by atoms with Gasteiger partial charge in [-0.1, -0.05) is 33.6 Å². The molecule has 0 heterocycles. The Hall–Kier alpha value is -0.570. The number of nitrogens with two attached hydrogens (primary N) is 1. The number of carbonyl (C=O) groups excluding carboxylic acids is 1. The molecule has 1 fully saturated rings. The second-order valence-corrected chi connectivity index (χ2v) is 5.76. The van der Waals surface area contributed by atoms with Crippen molar-refractivity contribution in [3.8, 4) is 0 Å². The summed E-state index contributed by atoms with van der Waals surface area (Å²) >= 11 is 0. The number of hydrogen-bond donors (Lipinski definition) is 2. The fraction of sp³-hybridized carbons (Fsp3) is 0.917. The molecule has 1 amide bonds. The summed E-state index contributed by atoms with van der Waals surface area (Å²) < 4.78 is 0. The van der Waals surface area contributed by atoms with Crippen LogP contribution in [0.25, 0.3) is 0 Å². The van der Waals surface area contributed by atoms with Crippen LogP contribution in [0.4, 0.5) is 0 Å². The van der Waals surface area contributed by atoms with Crippen molar-refractivity contribution in [2.75, 3.05) is 6.54 Å². The number of hydrogen-bond acceptors (Lipinski definition) is 2. The van der Waals surface area contributed by atoms with Gasteiger partial charge in [0.2, 0.25) is 5.91 Å². The zero-order chi connectivity index (χ0) is 11.5. The molecule has 1 saturated carbocycles. The Morgan fingerprint density at radius 3 is 2.53 bits per heavy atom. The van der Waals surface area contributed by atoms with Crippen LogP contribution in [0.3, 0.4) is 0 Å². The summed E-state index contributed by atoms with van der Waals surface area (Å²) in [6.45, 7) is 7.01. The minimum Gasteiger partial charge on any atom is -0.356 e. The van der Waals surface area contributed by atoms with Crippen LogP contribution in [-0.4, -0.2) is 18.5 Å². The second-order valence-electron chi connectivity index (χ2n) is 5.76. The Morgan fingerprint density at radius 1 is 1.47 bits per heavy atom. The van der Waals surface area contributed by atoms with Crippen molar-refractivity contribution in [1.29, 1.82) is 0 Å². The average molecular weight is 212 g/mol. The Kier molecular flexibility index (Phi) is 4.14. The highest BCUT2D eigenvalue weighted by molar-refractivity contribution is 5.76. The summed E-state index contributed by atoms with van der Waals surface area (Å²) in [6.07, 6.45) is 4.26. The van der Waals surface area contributed by atoms with E-state index in [1.54, 1.807) is 0 Å². The van der Waals surface area contributed by atoms with E-state index in [-0.39, 0.29) is 17.4 Å². The van der Waals surface area contributed by atoms with Gasteiger partial charge in [0.1, 0.15) is 0 Å². The van der Waals surface area contributed by atoms with Crippen molar-refractivity contribution in [2.24, 2.45) is 17.1 Å². The van der Waals surface area contributed by atoms with E-state index in [0.717, 1.165) is 18.9 Å². The number of carbonyl (C=O) groups is 1. The normalized spacial score (nSPS) is 18.7. The molecule has 1 rings (SSSR count). The SMILES string of the molecule is CC(C)(C)C(N)CC(=O)NCCC1CC1. The van der Waals surface area contributed by atoms with Crippen LogP contribution in [0.2, 0.25) is 0 Å². The van der Waals surface area contributed by atoms with Crippen molar-refractivity contribution in [3.05, 3.63) is 0 Å². The third-order valence-corrected chi connectivity index (χ3v) is 3.09. The molecular weight excluding hydrogens is 188 g/mol. The maximum absolute atomic E-state index is 11.5. The zero-order valence-corrected chi connectivity index (χ0v) is 10.2. The van der Waals surface area contributed by atoms with E-state index in [0.29, 0.717) is 6.42 Å². The molecule has 0 aromatic heterocycles. The van der Waals surface area contributed by atoms with E-state index in [2.05, 4.69) is 26.1 Å². The van der Waals surface area contributed by atoms with Gasteiger partial charge in [0, 0.05) is 19.0 Å². The molecule has 3 nitrogen and oxygen atoms in total. The summed E-state index contributed by atoms with van der Waals surface area (Å²) in [5.74, 6) is 0.972. The predicted molar refractivity (Wildman–Crippen MR) is 62.4 cm³/mol. The van der Waals surface area contributed by atoms with Gasteiger partial charge in [-0.15, -0.1) is 0 Å². The maximum atomic E-state index is 11.5. The van der Waals surface area contributed by atoms with Gasteiger partial charge in [-0.25, -0.2) is 0 Å². The summed E-state index contributed by atoms with van der Waals surface area (Å²) in [5.41, 5.74) is 5.94. The predicted octanol–water partition coefficient (Wildman–Crippen LogP) is 1.67. The van der Waals surface area contributed by atoms with Crippen molar-refractivity contribution < 1.29 is 4.79 Å². The van der Waals surface area contributed by atoms with E-state index in [1.165, 1.54) is 12.8 Å². The summed E-state index contributed by atoms with van der Waals surface area (Å²) in [5, 5.41) is 2.94. The minimum absolute atomic E-state index is 0.00777. The molecule has 0 aromatic carbocycles. The standard InChI is InChI=1S/C12H24N2O/c1-12(2,3)10(13)8-11(15)14-7-6-9-4-5-9/h9-10H,4-8,13H2,1-3H3,(H,14,15). The molecule has 0 radical (unpaired) electrons. The summed E-state index contributed by atoms with van der Waals surface area (Å²) in [4.78, 5) is 11.5. The molecule has 0 saturated heterocycles. The molecule has 3 N–H and O–H groups in total. The first-order chi connectivity index (χ1) is 6.89. The molecule has 1 aliphatic carbocycles. The smallest absolute Gasteiger partial charge is 0.221 e. The lowest BCUT2D eigenvalue weighted by atomic mass is 9.85. The van der Waals surface area contributed by atoms with Crippen LogP contribution >= 0.6 is 0 Å². The first-order valence-electron chi connectivity index (χ1n) is 5.92. The van der Waals surface area contributed by atoms with Crippen LogP contribution in [0.15, 0.2) is 0 Å². The van der Waals surface area contributed by atoms with E-state index >= 15 is 0 Å². The van der Waals surface area contributed by atoms with Crippen LogP contribution in [0, 0.1) is 11.3 Å². The van der Waals surface area contributed by atoms with Gasteiger partial charge in [-0.2, -0.15) is 0 Å². The second kappa shape index (κ2) is 4.97. The van der Waals surface area contributed by atoms with Crippen molar-refractivity contribution in [2.45, 2.75) is 52.5 Å². The first kappa shape index (κ1) is 12.5. The number of amides is 1. The topological polar surface area (TPSA) is 55.1 Å². The van der Waals surface area contributed by atoms with Gasteiger partial charge in [0.05, 0.1) is 0 Å².